The third kappa shape index (κ3) is 4.86. The van der Waals surface area contributed by atoms with Gasteiger partial charge in [-0.25, -0.2) is 0 Å². The lowest BCUT2D eigenvalue weighted by Gasteiger charge is -2.08. The fraction of sp³-hybridized carbons (Fsp3) is 0.400. The molecule has 1 heterocycles. The number of benzene rings is 1. The Labute approximate surface area is 130 Å². The molecule has 0 atom stereocenters. The molecule has 0 aliphatic carbocycles. The van der Waals surface area contributed by atoms with Gasteiger partial charge in [0.05, 0.1) is 0 Å². The van der Waals surface area contributed by atoms with Crippen LogP contribution in [0.15, 0.2) is 24.3 Å². The molecular weight excluding hydrogens is 286 g/mol. The molecule has 2 aromatic rings. The summed E-state index contributed by atoms with van der Waals surface area (Å²) in [7, 11) is 0. The minimum atomic E-state index is 0.187. The monoisotopic (exact) mass is 305 g/mol. The molecule has 0 unspecified atom stereocenters. The second-order valence-electron chi connectivity index (χ2n) is 4.70. The molecule has 21 heavy (non-hydrogen) atoms. The predicted molar refractivity (Wildman–Crippen MR) is 86.8 cm³/mol. The summed E-state index contributed by atoms with van der Waals surface area (Å²) in [6.07, 6.45) is 2.04. The fourth-order valence-corrected chi connectivity index (χ4v) is 1.98. The van der Waals surface area contributed by atoms with Crippen molar-refractivity contribution < 1.29 is 0 Å². The zero-order valence-electron chi connectivity index (χ0n) is 12.4. The first kappa shape index (κ1) is 15.5. The summed E-state index contributed by atoms with van der Waals surface area (Å²) >= 11 is 5.91. The number of hydrogen-bond acceptors (Lipinski definition) is 5. The number of nitrogens with one attached hydrogen (secondary N) is 2. The lowest BCUT2D eigenvalue weighted by Crippen LogP contribution is -2.09. The Morgan fingerprint density at radius 2 is 1.52 bits per heavy atom. The van der Waals surface area contributed by atoms with Crippen LogP contribution in [-0.4, -0.2) is 21.5 Å². The van der Waals surface area contributed by atoms with Crippen LogP contribution < -0.4 is 10.6 Å². The van der Waals surface area contributed by atoms with Gasteiger partial charge in [-0.1, -0.05) is 38.1 Å². The summed E-state index contributed by atoms with van der Waals surface area (Å²) in [6, 6.07) is 8.47. The molecule has 0 spiro atoms. The van der Waals surface area contributed by atoms with E-state index in [0.717, 1.165) is 19.4 Å². The second kappa shape index (κ2) is 7.78. The van der Waals surface area contributed by atoms with Crippen molar-refractivity contribution in [1.29, 1.82) is 0 Å². The minimum absolute atomic E-state index is 0.187. The topological polar surface area (TPSA) is 62.7 Å². The second-order valence-corrected chi connectivity index (χ2v) is 5.04. The first-order valence-corrected chi connectivity index (χ1v) is 7.56. The highest BCUT2D eigenvalue weighted by molar-refractivity contribution is 6.28. The van der Waals surface area contributed by atoms with Gasteiger partial charge in [0.1, 0.15) is 0 Å². The fourth-order valence-electron chi connectivity index (χ4n) is 1.82. The van der Waals surface area contributed by atoms with Gasteiger partial charge in [-0.3, -0.25) is 0 Å². The number of aromatic nitrogens is 3. The van der Waals surface area contributed by atoms with E-state index in [1.165, 1.54) is 11.1 Å². The Balaban J connectivity index is 1.99. The Bertz CT molecular complexity index is 571. The average Bonchev–Trinajstić information content (AvgIpc) is 2.51. The Hall–Kier alpha value is -1.88. The number of halogens is 1. The quantitative estimate of drug-likeness (QED) is 0.819. The van der Waals surface area contributed by atoms with Gasteiger partial charge in [-0.05, 0) is 35.6 Å². The van der Waals surface area contributed by atoms with Gasteiger partial charge in [-0.2, -0.15) is 15.0 Å². The third-order valence-corrected chi connectivity index (χ3v) is 3.19. The maximum absolute atomic E-state index is 5.91. The van der Waals surface area contributed by atoms with Crippen molar-refractivity contribution in [1.82, 2.24) is 15.0 Å². The van der Waals surface area contributed by atoms with E-state index in [0.29, 0.717) is 18.4 Å². The predicted octanol–water partition coefficient (Wildman–Crippen LogP) is 3.52. The van der Waals surface area contributed by atoms with Crippen molar-refractivity contribution in [2.75, 3.05) is 17.2 Å². The maximum Gasteiger partial charge on any atom is 0.229 e. The van der Waals surface area contributed by atoms with Crippen molar-refractivity contribution in [2.24, 2.45) is 0 Å². The summed E-state index contributed by atoms with van der Waals surface area (Å²) < 4.78 is 0. The van der Waals surface area contributed by atoms with Gasteiger partial charge in [-0.15, -0.1) is 0 Å². The Morgan fingerprint density at radius 1 is 0.905 bits per heavy atom. The smallest absolute Gasteiger partial charge is 0.229 e. The van der Waals surface area contributed by atoms with Gasteiger partial charge in [0.25, 0.3) is 0 Å². The molecule has 0 aliphatic heterocycles. The lowest BCUT2D eigenvalue weighted by molar-refractivity contribution is 0.932. The van der Waals surface area contributed by atoms with Crippen LogP contribution in [-0.2, 0) is 13.0 Å². The average molecular weight is 306 g/mol. The molecule has 0 amide bonds. The van der Waals surface area contributed by atoms with Crippen LogP contribution in [0.25, 0.3) is 0 Å². The van der Waals surface area contributed by atoms with Crippen molar-refractivity contribution in [3.63, 3.8) is 0 Å². The molecule has 1 aromatic heterocycles. The van der Waals surface area contributed by atoms with Crippen LogP contribution in [0.1, 0.15) is 31.4 Å². The molecule has 0 saturated carbocycles. The number of aryl methyl sites for hydroxylation is 1. The van der Waals surface area contributed by atoms with E-state index in [2.05, 4.69) is 63.7 Å². The summed E-state index contributed by atoms with van der Waals surface area (Å²) in [5.74, 6) is 0.980. The summed E-state index contributed by atoms with van der Waals surface area (Å²) in [4.78, 5) is 12.4. The summed E-state index contributed by atoms with van der Waals surface area (Å²) in [5.41, 5.74) is 2.50. The largest absolute Gasteiger partial charge is 0.354 e. The van der Waals surface area contributed by atoms with Gasteiger partial charge in [0, 0.05) is 13.1 Å². The SMILES string of the molecule is CCCNc1nc(Cl)nc(NCc2ccc(CC)cc2)n1. The van der Waals surface area contributed by atoms with Crippen LogP contribution in [0.3, 0.4) is 0 Å². The van der Waals surface area contributed by atoms with E-state index in [9.17, 15) is 0 Å². The van der Waals surface area contributed by atoms with Crippen LogP contribution in [0.5, 0.6) is 0 Å². The molecule has 6 heteroatoms. The zero-order valence-corrected chi connectivity index (χ0v) is 13.1. The van der Waals surface area contributed by atoms with Crippen molar-refractivity contribution in [2.45, 2.75) is 33.2 Å². The minimum Gasteiger partial charge on any atom is -0.354 e. The van der Waals surface area contributed by atoms with Gasteiger partial charge in [0.2, 0.25) is 17.2 Å². The van der Waals surface area contributed by atoms with Crippen LogP contribution in [0.2, 0.25) is 5.28 Å². The molecule has 0 bridgehead atoms. The highest BCUT2D eigenvalue weighted by Gasteiger charge is 2.04. The molecule has 5 nitrogen and oxygen atoms in total. The first-order valence-electron chi connectivity index (χ1n) is 7.18. The van der Waals surface area contributed by atoms with E-state index in [1.807, 2.05) is 0 Å². The highest BCUT2D eigenvalue weighted by atomic mass is 35.5. The number of hydrogen-bond donors (Lipinski definition) is 2. The molecule has 2 N–H and O–H groups in total. The zero-order chi connectivity index (χ0) is 15.1. The summed E-state index contributed by atoms with van der Waals surface area (Å²) in [6.45, 7) is 5.68. The molecule has 112 valence electrons. The standard InChI is InChI=1S/C15H20ClN5/c1-3-9-17-14-19-13(16)20-15(21-14)18-10-12-7-5-11(4-2)6-8-12/h5-8H,3-4,9-10H2,1-2H3,(H2,17,18,19,20,21). The third-order valence-electron chi connectivity index (χ3n) is 3.02. The molecule has 0 fully saturated rings. The lowest BCUT2D eigenvalue weighted by atomic mass is 10.1. The first-order chi connectivity index (χ1) is 10.2. The maximum atomic E-state index is 5.91. The van der Waals surface area contributed by atoms with Crippen molar-refractivity contribution >= 4 is 23.5 Å². The van der Waals surface area contributed by atoms with Crippen LogP contribution in [0, 0.1) is 0 Å². The van der Waals surface area contributed by atoms with Crippen molar-refractivity contribution in [3.8, 4) is 0 Å². The van der Waals surface area contributed by atoms with E-state index >= 15 is 0 Å². The van der Waals surface area contributed by atoms with E-state index < -0.39 is 0 Å². The molecule has 0 aliphatic rings. The van der Waals surface area contributed by atoms with E-state index in [1.54, 1.807) is 0 Å². The van der Waals surface area contributed by atoms with Crippen LogP contribution >= 0.6 is 11.6 Å². The Kier molecular flexibility index (Phi) is 5.75. The highest BCUT2D eigenvalue weighted by Crippen LogP contribution is 2.11. The van der Waals surface area contributed by atoms with Gasteiger partial charge >= 0.3 is 0 Å². The normalized spacial score (nSPS) is 10.4. The molecule has 0 radical (unpaired) electrons. The van der Waals surface area contributed by atoms with Gasteiger partial charge < -0.3 is 10.6 Å². The van der Waals surface area contributed by atoms with Gasteiger partial charge in [0.15, 0.2) is 0 Å². The number of anilines is 2. The van der Waals surface area contributed by atoms with Crippen molar-refractivity contribution in [3.05, 3.63) is 40.7 Å². The number of rotatable bonds is 7. The molecule has 0 saturated heterocycles. The van der Waals surface area contributed by atoms with E-state index in [-0.39, 0.29) is 5.28 Å². The number of nitrogens with zero attached hydrogens (tertiary/aromatic N) is 3. The molecular formula is C15H20ClN5. The Morgan fingerprint density at radius 3 is 2.14 bits per heavy atom. The van der Waals surface area contributed by atoms with E-state index in [4.69, 9.17) is 11.6 Å². The summed E-state index contributed by atoms with van der Waals surface area (Å²) in [5, 5.41) is 6.46. The van der Waals surface area contributed by atoms with Crippen LogP contribution in [0.4, 0.5) is 11.9 Å². The molecule has 1 aromatic carbocycles. The molecule has 2 rings (SSSR count).